The van der Waals surface area contributed by atoms with Crippen molar-refractivity contribution < 1.29 is 0 Å². The fourth-order valence-electron chi connectivity index (χ4n) is 0. The van der Waals surface area contributed by atoms with Crippen molar-refractivity contribution in [1.29, 1.82) is 0 Å². The predicted molar refractivity (Wildman–Crippen MR) is 26.1 cm³/mol. The van der Waals surface area contributed by atoms with Crippen LogP contribution < -0.4 is 11.8 Å². The van der Waals surface area contributed by atoms with E-state index in [4.69, 9.17) is 0 Å². The molecule has 0 heterocycles. The third kappa shape index (κ3) is 28.1. The molecule has 0 aliphatic heterocycles. The largest absolute Gasteiger partial charge is 0.380 e. The molecule has 26 valence electrons. The lowest BCUT2D eigenvalue weighted by atomic mass is 10.5. The van der Waals surface area contributed by atoms with E-state index in [0.29, 0.717) is 0 Å². The van der Waals surface area contributed by atoms with Crippen LogP contribution in [-0.4, -0.2) is 7.98 Å². The van der Waals surface area contributed by atoms with Crippen LogP contribution >= 0.6 is 9.90 Å². The molecule has 0 bridgehead atoms. The maximum Gasteiger partial charge on any atom is 0.174 e. The number of rotatable bonds is 0. The van der Waals surface area contributed by atoms with E-state index in [-0.39, 0.29) is 16.0 Å². The van der Waals surface area contributed by atoms with Gasteiger partial charge in [0.05, 0.1) is 0 Å². The van der Waals surface area contributed by atoms with Crippen molar-refractivity contribution >= 4 is 17.9 Å². The van der Waals surface area contributed by atoms with Crippen molar-refractivity contribution in [2.45, 2.75) is 0 Å². The molecule has 0 aliphatic carbocycles. The van der Waals surface area contributed by atoms with Gasteiger partial charge < -0.3 is 11.8 Å². The summed E-state index contributed by atoms with van der Waals surface area (Å²) >= 11 is 0. The third-order valence-electron chi connectivity index (χ3n) is 0. The van der Waals surface area contributed by atoms with Gasteiger partial charge in [-0.25, -0.2) is 0 Å². The Morgan fingerprint density at radius 2 is 1.25 bits per heavy atom. The average Bonchev–Trinajstić information content (AvgIpc) is 1.00. The highest BCUT2D eigenvalue weighted by Gasteiger charge is 0.935. The van der Waals surface area contributed by atoms with Gasteiger partial charge in [-0.3, -0.25) is 0 Å². The van der Waals surface area contributed by atoms with Gasteiger partial charge in [-0.15, -0.1) is 0 Å². The first kappa shape index (κ1) is 25.7. The molecule has 4 heavy (non-hydrogen) atoms. The summed E-state index contributed by atoms with van der Waals surface area (Å²) in [6.07, 6.45) is 0. The van der Waals surface area contributed by atoms with Crippen molar-refractivity contribution in [2.75, 3.05) is 0 Å². The molecule has 2 radical (unpaired) electrons. The van der Waals surface area contributed by atoms with Gasteiger partial charge in [0.2, 0.25) is 0 Å². The van der Waals surface area contributed by atoms with Crippen molar-refractivity contribution in [3.05, 3.63) is 0 Å². The Labute approximate surface area is 30.8 Å². The molecule has 5 N–H and O–H groups in total. The van der Waals surface area contributed by atoms with E-state index in [1.54, 1.807) is 0 Å². The smallest absolute Gasteiger partial charge is 0.174 e. The molecule has 4 heteroatoms. The van der Waals surface area contributed by atoms with Gasteiger partial charge >= 0.3 is 0 Å². The summed E-state index contributed by atoms with van der Waals surface area (Å²) in [5.74, 6) is 0. The van der Waals surface area contributed by atoms with Crippen molar-refractivity contribution in [3.8, 4) is 0 Å². The minimum atomic E-state index is 0. The lowest BCUT2D eigenvalue weighted by Gasteiger charge is -1.14. The molecule has 0 aromatic rings. The van der Waals surface area contributed by atoms with Crippen LogP contribution in [0.4, 0.5) is 0 Å². The normalized spacial score (nSPS) is 1.25. The molecule has 1 unspecified atom stereocenters. The van der Waals surface area contributed by atoms with Gasteiger partial charge in [0.25, 0.3) is 0 Å². The van der Waals surface area contributed by atoms with Gasteiger partial charge in [0.1, 0.15) is 0 Å². The van der Waals surface area contributed by atoms with Gasteiger partial charge in [0.15, 0.2) is 7.98 Å². The molecule has 0 saturated carbocycles. The molecule has 0 saturated heterocycles. The SMILES string of the molecule is N.P.[B]N. The lowest BCUT2D eigenvalue weighted by Crippen LogP contribution is -1.75. The number of hydrogen-bond acceptors (Lipinski definition) is 2. The zero-order chi connectivity index (χ0) is 2.00. The van der Waals surface area contributed by atoms with Crippen molar-refractivity contribution in [2.24, 2.45) is 5.64 Å². The van der Waals surface area contributed by atoms with Crippen LogP contribution in [0.1, 0.15) is 0 Å². The van der Waals surface area contributed by atoms with E-state index in [2.05, 4.69) is 13.6 Å². The van der Waals surface area contributed by atoms with E-state index in [0.717, 1.165) is 0 Å². The quantitative estimate of drug-likeness (QED) is 0.295. The molecule has 0 aromatic carbocycles. The zero-order valence-corrected chi connectivity index (χ0v) is 3.98. The Balaban J connectivity index is -0.00000000500. The standard InChI is InChI=1S/BH2N.H3N.H3P/c1-2;;/h2H2;2*1H3. The zero-order valence-electron chi connectivity index (χ0n) is 2.57. The summed E-state index contributed by atoms with van der Waals surface area (Å²) in [5.41, 5.74) is 4.00. The van der Waals surface area contributed by atoms with Gasteiger partial charge in [-0.1, -0.05) is 0 Å². The second-order valence-corrected chi connectivity index (χ2v) is 0. The van der Waals surface area contributed by atoms with Crippen LogP contribution in [0.3, 0.4) is 0 Å². The van der Waals surface area contributed by atoms with Crippen LogP contribution in [0.2, 0.25) is 0 Å². The molecule has 0 aromatic heterocycles. The Morgan fingerprint density at radius 1 is 1.25 bits per heavy atom. The summed E-state index contributed by atoms with van der Waals surface area (Å²) in [4.78, 5) is 0. The first-order chi connectivity index (χ1) is 1.00. The van der Waals surface area contributed by atoms with E-state index in [1.807, 2.05) is 0 Å². The summed E-state index contributed by atoms with van der Waals surface area (Å²) in [5, 5.41) is 0. The monoisotopic (exact) mass is 78.1 g/mol. The van der Waals surface area contributed by atoms with Crippen LogP contribution in [0.5, 0.6) is 0 Å². The Bertz CT molecular complexity index is 6.00. The summed E-state index contributed by atoms with van der Waals surface area (Å²) in [7, 11) is 4.00. The molecular weight excluding hydrogens is 69.8 g/mol. The van der Waals surface area contributed by atoms with Crippen molar-refractivity contribution in [1.82, 2.24) is 6.15 Å². The van der Waals surface area contributed by atoms with Crippen LogP contribution in [0.25, 0.3) is 0 Å². The maximum atomic E-state index is 4.00. The lowest BCUT2D eigenvalue weighted by molar-refractivity contribution is 2.00. The molecule has 0 fully saturated rings. The van der Waals surface area contributed by atoms with Gasteiger partial charge in [-0.05, 0) is 0 Å². The summed E-state index contributed by atoms with van der Waals surface area (Å²) in [6.45, 7) is 0. The van der Waals surface area contributed by atoms with Crippen LogP contribution in [0.15, 0.2) is 0 Å². The minimum absolute atomic E-state index is 0. The van der Waals surface area contributed by atoms with Crippen molar-refractivity contribution in [3.63, 3.8) is 0 Å². The Kier molecular flexibility index (Phi) is 744. The van der Waals surface area contributed by atoms with E-state index in [9.17, 15) is 0 Å². The van der Waals surface area contributed by atoms with Gasteiger partial charge in [0, 0.05) is 0 Å². The second kappa shape index (κ2) is 116. The minimum Gasteiger partial charge on any atom is -0.380 e. The molecule has 0 aliphatic rings. The van der Waals surface area contributed by atoms with Crippen LogP contribution in [0, 0.1) is 0 Å². The van der Waals surface area contributed by atoms with Crippen LogP contribution in [-0.2, 0) is 0 Å². The number of nitrogens with two attached hydrogens (primary N) is 1. The fraction of sp³-hybridized carbons (Fsp3) is 0. The average molecular weight is 77.9 g/mol. The molecule has 0 amide bonds. The molecule has 2 nitrogen and oxygen atoms in total. The maximum absolute atomic E-state index is 4.00. The Hall–Kier alpha value is 0.415. The predicted octanol–water partition coefficient (Wildman–Crippen LogP) is -0.751. The molecule has 0 rings (SSSR count). The van der Waals surface area contributed by atoms with E-state index < -0.39 is 0 Å². The van der Waals surface area contributed by atoms with E-state index in [1.165, 1.54) is 0 Å². The Morgan fingerprint density at radius 3 is 1.25 bits per heavy atom. The highest BCUT2D eigenvalue weighted by molar-refractivity contribution is 6.92. The highest BCUT2D eigenvalue weighted by Crippen LogP contribution is 0.861. The number of hydrogen-bond donors (Lipinski definition) is 2. The third-order valence-corrected chi connectivity index (χ3v) is 0. The summed E-state index contributed by atoms with van der Waals surface area (Å²) in [6, 6.07) is 0. The fourth-order valence-corrected chi connectivity index (χ4v) is 0. The first-order valence-electron chi connectivity index (χ1n) is 0.333. The topological polar surface area (TPSA) is 61.0 Å². The molecule has 1 atom stereocenters. The van der Waals surface area contributed by atoms with E-state index >= 15 is 0 Å². The van der Waals surface area contributed by atoms with Gasteiger partial charge in [-0.2, -0.15) is 9.90 Å². The second-order valence-electron chi connectivity index (χ2n) is 0. The molecule has 0 spiro atoms. The first-order valence-corrected chi connectivity index (χ1v) is 0.333. The highest BCUT2D eigenvalue weighted by atomic mass is 31.0. The molecular formula is H8BN2P. The summed E-state index contributed by atoms with van der Waals surface area (Å²) < 4.78 is 0.